The smallest absolute Gasteiger partial charge is 0.271 e. The minimum atomic E-state index is -0.401. The summed E-state index contributed by atoms with van der Waals surface area (Å²) in [4.78, 5) is 26.6. The first-order valence-corrected chi connectivity index (χ1v) is 10.4. The highest BCUT2D eigenvalue weighted by Gasteiger charge is 2.08. The first-order valence-electron chi connectivity index (χ1n) is 10.4. The van der Waals surface area contributed by atoms with E-state index in [9.17, 15) is 14.7 Å². The van der Waals surface area contributed by atoms with Crippen molar-refractivity contribution in [3.8, 4) is 5.75 Å². The molecule has 0 bridgehead atoms. The molecule has 0 aliphatic rings. The molecule has 164 valence electrons. The Morgan fingerprint density at radius 2 is 1.56 bits per heavy atom. The van der Waals surface area contributed by atoms with Crippen LogP contribution < -0.4 is 15.6 Å². The number of rotatable bonds is 8. The van der Waals surface area contributed by atoms with Crippen molar-refractivity contribution in [2.75, 3.05) is 23.3 Å². The SMILES string of the molecule is CCN(CC)c1ccc(C=NNC(=O)c2ccc(NC(=O)c3ccccc3)cc2)c(O)c1. The van der Waals surface area contributed by atoms with Crippen LogP contribution in [0.25, 0.3) is 0 Å². The zero-order valence-corrected chi connectivity index (χ0v) is 18.1. The summed E-state index contributed by atoms with van der Waals surface area (Å²) < 4.78 is 0. The Hall–Kier alpha value is -4.13. The van der Waals surface area contributed by atoms with Crippen LogP contribution in [0, 0.1) is 0 Å². The molecule has 0 atom stereocenters. The molecule has 0 radical (unpaired) electrons. The molecule has 0 aliphatic heterocycles. The number of amides is 2. The Balaban J connectivity index is 1.58. The van der Waals surface area contributed by atoms with Crippen molar-refractivity contribution in [2.45, 2.75) is 13.8 Å². The molecular weight excluding hydrogens is 404 g/mol. The van der Waals surface area contributed by atoms with Gasteiger partial charge >= 0.3 is 0 Å². The molecule has 2 amide bonds. The average molecular weight is 431 g/mol. The van der Waals surface area contributed by atoms with E-state index in [0.29, 0.717) is 22.4 Å². The molecule has 3 aromatic carbocycles. The highest BCUT2D eigenvalue weighted by molar-refractivity contribution is 6.04. The van der Waals surface area contributed by atoms with Gasteiger partial charge in [0.25, 0.3) is 11.8 Å². The molecule has 0 aromatic heterocycles. The molecule has 3 rings (SSSR count). The van der Waals surface area contributed by atoms with Crippen LogP contribution in [0.4, 0.5) is 11.4 Å². The van der Waals surface area contributed by atoms with Crippen LogP contribution in [-0.2, 0) is 0 Å². The Morgan fingerprint density at radius 1 is 0.906 bits per heavy atom. The van der Waals surface area contributed by atoms with Crippen molar-refractivity contribution >= 4 is 29.4 Å². The van der Waals surface area contributed by atoms with Crippen molar-refractivity contribution in [1.82, 2.24) is 5.43 Å². The molecule has 0 fully saturated rings. The first-order chi connectivity index (χ1) is 15.5. The number of aromatic hydroxyl groups is 1. The molecule has 32 heavy (non-hydrogen) atoms. The molecular formula is C25H26N4O3. The summed E-state index contributed by atoms with van der Waals surface area (Å²) in [5.41, 5.74) is 5.39. The summed E-state index contributed by atoms with van der Waals surface area (Å²) in [6.45, 7) is 5.78. The second-order valence-corrected chi connectivity index (χ2v) is 7.01. The fourth-order valence-corrected chi connectivity index (χ4v) is 3.15. The number of hydrogen-bond donors (Lipinski definition) is 3. The Morgan fingerprint density at radius 3 is 2.19 bits per heavy atom. The van der Waals surface area contributed by atoms with E-state index in [1.165, 1.54) is 6.21 Å². The second-order valence-electron chi connectivity index (χ2n) is 7.01. The van der Waals surface area contributed by atoms with Gasteiger partial charge in [-0.25, -0.2) is 5.43 Å². The van der Waals surface area contributed by atoms with Crippen LogP contribution in [0.3, 0.4) is 0 Å². The highest BCUT2D eigenvalue weighted by Crippen LogP contribution is 2.23. The third-order valence-corrected chi connectivity index (χ3v) is 4.95. The van der Waals surface area contributed by atoms with Crippen LogP contribution in [0.2, 0.25) is 0 Å². The Kier molecular flexibility index (Phi) is 7.59. The summed E-state index contributed by atoms with van der Waals surface area (Å²) in [7, 11) is 0. The second kappa shape index (κ2) is 10.8. The van der Waals surface area contributed by atoms with Crippen LogP contribution >= 0.6 is 0 Å². The van der Waals surface area contributed by atoms with E-state index in [1.54, 1.807) is 60.7 Å². The Bertz CT molecular complexity index is 1090. The number of benzene rings is 3. The number of hydrogen-bond acceptors (Lipinski definition) is 5. The third kappa shape index (κ3) is 5.72. The van der Waals surface area contributed by atoms with Crippen molar-refractivity contribution < 1.29 is 14.7 Å². The number of carbonyl (C=O) groups is 2. The number of carbonyl (C=O) groups excluding carboxylic acids is 2. The lowest BCUT2D eigenvalue weighted by molar-refractivity contribution is 0.0954. The largest absolute Gasteiger partial charge is 0.507 e. The quantitative estimate of drug-likeness (QED) is 0.368. The van der Waals surface area contributed by atoms with Gasteiger partial charge in [0.1, 0.15) is 5.75 Å². The van der Waals surface area contributed by atoms with Gasteiger partial charge in [0.2, 0.25) is 0 Å². The molecule has 0 unspecified atom stereocenters. The number of nitrogens with one attached hydrogen (secondary N) is 2. The molecule has 7 heteroatoms. The topological polar surface area (TPSA) is 94.0 Å². The fraction of sp³-hybridized carbons (Fsp3) is 0.160. The monoisotopic (exact) mass is 430 g/mol. The number of hydrazone groups is 1. The third-order valence-electron chi connectivity index (χ3n) is 4.95. The molecule has 7 nitrogen and oxygen atoms in total. The maximum Gasteiger partial charge on any atom is 0.271 e. The van der Waals surface area contributed by atoms with Crippen molar-refractivity contribution in [3.63, 3.8) is 0 Å². The molecule has 0 saturated carbocycles. The summed E-state index contributed by atoms with van der Waals surface area (Å²) in [5.74, 6) is -0.536. The van der Waals surface area contributed by atoms with Gasteiger partial charge in [0.15, 0.2) is 0 Å². The van der Waals surface area contributed by atoms with Crippen molar-refractivity contribution in [3.05, 3.63) is 89.5 Å². The van der Waals surface area contributed by atoms with Gasteiger partial charge in [-0.3, -0.25) is 9.59 Å². The first kappa shape index (κ1) is 22.6. The highest BCUT2D eigenvalue weighted by atomic mass is 16.3. The lowest BCUT2D eigenvalue weighted by atomic mass is 10.1. The lowest BCUT2D eigenvalue weighted by Gasteiger charge is -2.21. The molecule has 0 heterocycles. The number of phenols is 1. The van der Waals surface area contributed by atoms with Gasteiger partial charge in [-0.05, 0) is 62.4 Å². The van der Waals surface area contributed by atoms with Crippen LogP contribution in [-0.4, -0.2) is 36.2 Å². The predicted octanol–water partition coefficient (Wildman–Crippen LogP) is 4.25. The van der Waals surface area contributed by atoms with Gasteiger partial charge in [-0.2, -0.15) is 5.10 Å². The maximum absolute atomic E-state index is 12.3. The van der Waals surface area contributed by atoms with E-state index in [4.69, 9.17) is 0 Å². The number of phenolic OH excluding ortho intramolecular Hbond substituents is 1. The maximum atomic E-state index is 12.3. The molecule has 0 aliphatic carbocycles. The Labute approximate surface area is 187 Å². The molecule has 0 spiro atoms. The molecule has 0 saturated heterocycles. The lowest BCUT2D eigenvalue weighted by Crippen LogP contribution is -2.21. The normalized spacial score (nSPS) is 10.7. The van der Waals surface area contributed by atoms with Crippen LogP contribution in [0.15, 0.2) is 77.9 Å². The van der Waals surface area contributed by atoms with E-state index >= 15 is 0 Å². The zero-order valence-electron chi connectivity index (χ0n) is 18.1. The van der Waals surface area contributed by atoms with Gasteiger partial charge in [0, 0.05) is 47.2 Å². The van der Waals surface area contributed by atoms with Gasteiger partial charge in [-0.15, -0.1) is 0 Å². The van der Waals surface area contributed by atoms with E-state index in [1.807, 2.05) is 12.1 Å². The zero-order chi connectivity index (χ0) is 22.9. The van der Waals surface area contributed by atoms with Gasteiger partial charge in [0.05, 0.1) is 6.21 Å². The van der Waals surface area contributed by atoms with Crippen LogP contribution in [0.1, 0.15) is 40.1 Å². The standard InChI is InChI=1S/C25H26N4O3/c1-3-29(4-2)22-15-12-20(23(30)16-22)17-26-28-25(32)19-10-13-21(14-11-19)27-24(31)18-8-6-5-7-9-18/h5-17,30H,3-4H2,1-2H3,(H,27,31)(H,28,32). The molecule has 3 N–H and O–H groups in total. The summed E-state index contributed by atoms with van der Waals surface area (Å²) in [5, 5.41) is 17.0. The minimum Gasteiger partial charge on any atom is -0.507 e. The van der Waals surface area contributed by atoms with Gasteiger partial charge in [-0.1, -0.05) is 18.2 Å². The van der Waals surface area contributed by atoms with Crippen molar-refractivity contribution in [1.29, 1.82) is 0 Å². The molecule has 3 aromatic rings. The van der Waals surface area contributed by atoms with Crippen LogP contribution in [0.5, 0.6) is 5.75 Å². The van der Waals surface area contributed by atoms with Crippen molar-refractivity contribution in [2.24, 2.45) is 5.10 Å². The van der Waals surface area contributed by atoms with E-state index in [0.717, 1.165) is 18.8 Å². The average Bonchev–Trinajstić information content (AvgIpc) is 2.82. The van der Waals surface area contributed by atoms with E-state index in [2.05, 4.69) is 34.6 Å². The minimum absolute atomic E-state index is 0.0888. The number of nitrogens with zero attached hydrogens (tertiary/aromatic N) is 2. The van der Waals surface area contributed by atoms with E-state index in [-0.39, 0.29) is 11.7 Å². The number of anilines is 2. The summed E-state index contributed by atoms with van der Waals surface area (Å²) >= 11 is 0. The summed E-state index contributed by atoms with van der Waals surface area (Å²) in [6.07, 6.45) is 1.40. The van der Waals surface area contributed by atoms with E-state index < -0.39 is 5.91 Å². The van der Waals surface area contributed by atoms with Gasteiger partial charge < -0.3 is 15.3 Å². The summed E-state index contributed by atoms with van der Waals surface area (Å²) in [6, 6.07) is 20.7. The fourth-order valence-electron chi connectivity index (χ4n) is 3.15. The predicted molar refractivity (Wildman–Crippen MR) is 128 cm³/mol.